The van der Waals surface area contributed by atoms with Gasteiger partial charge in [-0.3, -0.25) is 14.4 Å². The number of benzene rings is 7. The minimum Gasteiger partial charge on any atom is -0.422 e. The van der Waals surface area contributed by atoms with E-state index in [2.05, 4.69) is 0 Å². The second kappa shape index (κ2) is 19.1. The SMILES string of the molecule is C[C@@]12CC(=O)[C@@H](C(=O)c3c(OC(=O)c4ccccc4)cccc31)[C@@H]2Cc1c(OC(=O)c2ccccc2)c(OC(=O)c2ccccc2)c(C(N)=O)c(OC(=O)c2ccccc2)c1OC(=O)c1ccccc1. The number of primary amides is 1. The summed E-state index contributed by atoms with van der Waals surface area (Å²) in [7, 11) is 0. The van der Waals surface area contributed by atoms with E-state index < -0.39 is 99.6 Å². The largest absolute Gasteiger partial charge is 0.422 e. The first-order valence-corrected chi connectivity index (χ1v) is 21.9. The van der Waals surface area contributed by atoms with Gasteiger partial charge in [0.05, 0.1) is 39.3 Å². The van der Waals surface area contributed by atoms with E-state index in [1.807, 2.05) is 0 Å². The lowest BCUT2D eigenvalue weighted by atomic mass is 9.62. The fraction of sp³-hybridized carbons (Fsp3) is 0.107. The summed E-state index contributed by atoms with van der Waals surface area (Å²) < 4.78 is 30.2. The van der Waals surface area contributed by atoms with Gasteiger partial charge in [0.1, 0.15) is 17.1 Å². The number of fused-ring (bicyclic) bond motifs is 4. The van der Waals surface area contributed by atoms with Crippen molar-refractivity contribution < 1.29 is 62.0 Å². The molecule has 2 aliphatic rings. The fourth-order valence-corrected chi connectivity index (χ4v) is 9.05. The van der Waals surface area contributed by atoms with Crippen molar-refractivity contribution in [2.75, 3.05) is 0 Å². The van der Waals surface area contributed by atoms with Crippen LogP contribution in [0, 0.1) is 11.8 Å². The van der Waals surface area contributed by atoms with Crippen LogP contribution in [0.5, 0.6) is 28.7 Å². The van der Waals surface area contributed by atoms with E-state index in [-0.39, 0.29) is 51.1 Å². The second-order valence-electron chi connectivity index (χ2n) is 16.7. The lowest BCUT2D eigenvalue weighted by molar-refractivity contribution is -0.120. The highest BCUT2D eigenvalue weighted by Gasteiger charge is 2.60. The number of amides is 1. The number of carbonyl (C=O) groups is 8. The summed E-state index contributed by atoms with van der Waals surface area (Å²) in [5.74, 6) is -13.2. The van der Waals surface area contributed by atoms with Crippen molar-refractivity contribution in [2.24, 2.45) is 17.6 Å². The number of rotatable bonds is 13. The highest BCUT2D eigenvalue weighted by atomic mass is 16.6. The van der Waals surface area contributed by atoms with Gasteiger partial charge in [-0.15, -0.1) is 0 Å². The highest BCUT2D eigenvalue weighted by Crippen LogP contribution is 2.59. The van der Waals surface area contributed by atoms with E-state index in [1.54, 1.807) is 122 Å². The molecule has 7 aromatic rings. The fourth-order valence-electron chi connectivity index (χ4n) is 9.05. The maximum absolute atomic E-state index is 15.0. The van der Waals surface area contributed by atoms with E-state index in [4.69, 9.17) is 29.4 Å². The Kier molecular flexibility index (Phi) is 12.5. The molecule has 14 nitrogen and oxygen atoms in total. The van der Waals surface area contributed by atoms with Crippen LogP contribution in [0.25, 0.3) is 0 Å². The summed E-state index contributed by atoms with van der Waals surface area (Å²) in [5, 5.41) is 0. The summed E-state index contributed by atoms with van der Waals surface area (Å²) in [6.07, 6.45) is -0.716. The van der Waals surface area contributed by atoms with E-state index >= 15 is 0 Å². The third-order valence-electron chi connectivity index (χ3n) is 12.4. The molecular weight excluding hydrogens is 895 g/mol. The molecule has 346 valence electrons. The summed E-state index contributed by atoms with van der Waals surface area (Å²) in [4.78, 5) is 114. The number of hydrogen-bond donors (Lipinski definition) is 1. The van der Waals surface area contributed by atoms with Crippen molar-refractivity contribution in [1.29, 1.82) is 0 Å². The van der Waals surface area contributed by atoms with Gasteiger partial charge in [-0.2, -0.15) is 0 Å². The number of Topliss-reactive ketones (excluding diaryl/α,β-unsaturated/α-hetero) is 2. The van der Waals surface area contributed by atoms with Gasteiger partial charge in [-0.1, -0.05) is 110 Å². The third-order valence-corrected chi connectivity index (χ3v) is 12.4. The van der Waals surface area contributed by atoms with Crippen molar-refractivity contribution in [1.82, 2.24) is 0 Å². The number of nitrogens with two attached hydrogens (primary N) is 1. The Hall–Kier alpha value is -9.30. The Labute approximate surface area is 399 Å². The molecule has 1 fully saturated rings. The Morgan fingerprint density at radius 2 is 0.843 bits per heavy atom. The molecule has 2 aliphatic carbocycles. The molecule has 14 heteroatoms. The molecule has 2 bridgehead atoms. The van der Waals surface area contributed by atoms with Crippen LogP contribution in [0.4, 0.5) is 0 Å². The number of ether oxygens (including phenoxy) is 5. The number of carbonyl (C=O) groups excluding carboxylic acids is 8. The first-order valence-electron chi connectivity index (χ1n) is 21.9. The second-order valence-corrected chi connectivity index (χ2v) is 16.7. The first-order chi connectivity index (χ1) is 33.8. The zero-order chi connectivity index (χ0) is 49.1. The van der Waals surface area contributed by atoms with Crippen LogP contribution in [0.1, 0.15) is 97.0 Å². The van der Waals surface area contributed by atoms with Gasteiger partial charge in [-0.05, 0) is 84.6 Å². The van der Waals surface area contributed by atoms with E-state index in [1.165, 1.54) is 54.6 Å². The van der Waals surface area contributed by atoms with Crippen molar-refractivity contribution in [3.05, 3.63) is 220 Å². The van der Waals surface area contributed by atoms with Crippen LogP contribution >= 0.6 is 0 Å². The zero-order valence-electron chi connectivity index (χ0n) is 37.1. The molecule has 1 amide bonds. The third kappa shape index (κ3) is 8.72. The molecule has 0 radical (unpaired) electrons. The van der Waals surface area contributed by atoms with Crippen molar-refractivity contribution in [3.63, 3.8) is 0 Å². The molecule has 7 aromatic carbocycles. The predicted octanol–water partition coefficient (Wildman–Crippen LogP) is 8.78. The molecule has 0 heterocycles. The van der Waals surface area contributed by atoms with E-state index in [0.717, 1.165) is 0 Å². The van der Waals surface area contributed by atoms with Crippen LogP contribution < -0.4 is 29.4 Å². The number of hydrogen-bond acceptors (Lipinski definition) is 13. The molecule has 70 heavy (non-hydrogen) atoms. The molecule has 2 N–H and O–H groups in total. The summed E-state index contributed by atoms with van der Waals surface area (Å²) in [6, 6.07) is 43.2. The molecule has 0 saturated heterocycles. The number of ketones is 2. The highest BCUT2D eigenvalue weighted by molar-refractivity contribution is 6.17. The average Bonchev–Trinajstić information content (AvgIpc) is 3.60. The molecule has 1 saturated carbocycles. The van der Waals surface area contributed by atoms with Crippen LogP contribution in [-0.4, -0.2) is 47.3 Å². The quantitative estimate of drug-likeness (QED) is 0.0652. The predicted molar refractivity (Wildman–Crippen MR) is 250 cm³/mol. The Balaban J connectivity index is 1.30. The average molecular weight is 934 g/mol. The molecule has 0 aromatic heterocycles. The number of esters is 5. The van der Waals surface area contributed by atoms with Crippen LogP contribution in [0.3, 0.4) is 0 Å². The van der Waals surface area contributed by atoms with Crippen LogP contribution in [0.15, 0.2) is 170 Å². The lowest BCUT2D eigenvalue weighted by Crippen LogP contribution is -2.41. The Morgan fingerprint density at radius 3 is 1.21 bits per heavy atom. The minimum absolute atomic E-state index is 0.00637. The zero-order valence-corrected chi connectivity index (χ0v) is 37.1. The summed E-state index contributed by atoms with van der Waals surface area (Å²) >= 11 is 0. The Bertz CT molecular complexity index is 3120. The Morgan fingerprint density at radius 1 is 0.486 bits per heavy atom. The standard InChI is InChI=1S/C56H39NO13/c1-56-31-40(58)42(45(59)43-38(56)28-17-29-41(43)66-51(61)32-18-7-2-8-19-32)39(56)30-37-46(67-52(62)33-20-9-3-10-21-33)48(69-54(64)35-24-13-5-14-25-35)44(50(57)60)49(70-55(65)36-26-15-6-16-27-36)47(37)68-53(63)34-22-11-4-12-23-34/h2-29,39,42H,30-31H2,1H3,(H2,57,60)/t39-,42-,56+/m0/s1. The van der Waals surface area contributed by atoms with Gasteiger partial charge in [0, 0.05) is 17.4 Å². The van der Waals surface area contributed by atoms with Gasteiger partial charge in [0.2, 0.25) is 0 Å². The van der Waals surface area contributed by atoms with E-state index in [9.17, 15) is 38.4 Å². The van der Waals surface area contributed by atoms with Gasteiger partial charge >= 0.3 is 29.8 Å². The topological polar surface area (TPSA) is 209 Å². The normalized spacial score (nSPS) is 16.6. The first kappa shape index (κ1) is 45.8. The summed E-state index contributed by atoms with van der Waals surface area (Å²) in [6.45, 7) is 1.74. The van der Waals surface area contributed by atoms with Crippen molar-refractivity contribution >= 4 is 47.3 Å². The van der Waals surface area contributed by atoms with Crippen LogP contribution in [0.2, 0.25) is 0 Å². The minimum atomic E-state index is -1.45. The van der Waals surface area contributed by atoms with Crippen molar-refractivity contribution in [3.8, 4) is 28.7 Å². The summed E-state index contributed by atoms with van der Waals surface area (Å²) in [5.41, 5.74) is 4.15. The molecule has 0 unspecified atom stereocenters. The molecule has 0 spiro atoms. The van der Waals surface area contributed by atoms with Crippen LogP contribution in [-0.2, 0) is 16.6 Å². The smallest absolute Gasteiger partial charge is 0.343 e. The molecule has 3 atom stereocenters. The van der Waals surface area contributed by atoms with Gasteiger partial charge in [0.25, 0.3) is 5.91 Å². The van der Waals surface area contributed by atoms with Gasteiger partial charge in [0.15, 0.2) is 28.8 Å². The molecule has 0 aliphatic heterocycles. The van der Waals surface area contributed by atoms with Gasteiger partial charge in [-0.25, -0.2) is 24.0 Å². The van der Waals surface area contributed by atoms with Crippen molar-refractivity contribution in [2.45, 2.75) is 25.2 Å². The van der Waals surface area contributed by atoms with Gasteiger partial charge < -0.3 is 29.4 Å². The van der Waals surface area contributed by atoms with E-state index in [0.29, 0.717) is 5.56 Å². The lowest BCUT2D eigenvalue weighted by Gasteiger charge is -2.39. The molecular formula is C56H39NO13. The maximum Gasteiger partial charge on any atom is 0.343 e. The maximum atomic E-state index is 15.0. The molecule has 9 rings (SSSR count). The monoisotopic (exact) mass is 933 g/mol.